The molecule has 1 aliphatic rings. The molecule has 1 N–H and O–H groups in total. The van der Waals surface area contributed by atoms with Gasteiger partial charge in [-0.15, -0.1) is 0 Å². The molecule has 0 bridgehead atoms. The number of aromatic nitrogens is 1. The summed E-state index contributed by atoms with van der Waals surface area (Å²) < 4.78 is 28.1. The van der Waals surface area contributed by atoms with Crippen molar-refractivity contribution in [3.63, 3.8) is 0 Å². The normalized spacial score (nSPS) is 14.2. The number of hydrogen-bond acceptors (Lipinski definition) is 3. The Kier molecular flexibility index (Phi) is 5.89. The van der Waals surface area contributed by atoms with Crippen molar-refractivity contribution < 1.29 is 18.4 Å². The topological polar surface area (TPSA) is 59.1 Å². The first-order valence-electron chi connectivity index (χ1n) is 10.2. The molecule has 0 spiro atoms. The molecule has 1 aliphatic carbocycles. The van der Waals surface area contributed by atoms with Crippen molar-refractivity contribution in [2.24, 2.45) is 0 Å². The summed E-state index contributed by atoms with van der Waals surface area (Å²) >= 11 is 0. The van der Waals surface area contributed by atoms with Crippen molar-refractivity contribution >= 4 is 11.7 Å². The van der Waals surface area contributed by atoms with Crippen LogP contribution in [-0.4, -0.2) is 22.7 Å². The van der Waals surface area contributed by atoms with E-state index in [0.717, 1.165) is 18.9 Å². The summed E-state index contributed by atoms with van der Waals surface area (Å²) in [7, 11) is 0. The van der Waals surface area contributed by atoms with Crippen molar-refractivity contribution in [2.75, 3.05) is 0 Å². The molecule has 1 unspecified atom stereocenters. The zero-order valence-corrected chi connectivity index (χ0v) is 17.1. The second-order valence-corrected chi connectivity index (χ2v) is 7.90. The minimum atomic E-state index is -0.709. The van der Waals surface area contributed by atoms with Crippen molar-refractivity contribution in [3.05, 3.63) is 100 Å². The van der Waals surface area contributed by atoms with Gasteiger partial charge in [0.05, 0.1) is 0 Å². The van der Waals surface area contributed by atoms with E-state index in [9.17, 15) is 18.4 Å². The van der Waals surface area contributed by atoms with Gasteiger partial charge in [0, 0.05) is 47.5 Å². The average molecular weight is 420 g/mol. The summed E-state index contributed by atoms with van der Waals surface area (Å²) in [5.74, 6) is -2.33. The maximum Gasteiger partial charge on any atom is 0.251 e. The lowest BCUT2D eigenvalue weighted by Crippen LogP contribution is -2.25. The fourth-order valence-electron chi connectivity index (χ4n) is 3.58. The lowest BCUT2D eigenvalue weighted by atomic mass is 9.85. The summed E-state index contributed by atoms with van der Waals surface area (Å²) in [5.41, 5.74) is 2.61. The van der Waals surface area contributed by atoms with Crippen molar-refractivity contribution in [3.8, 4) is 0 Å². The number of nitrogens with zero attached hydrogens (tertiary/aromatic N) is 1. The minimum absolute atomic E-state index is 0.000374. The molecule has 2 aromatic carbocycles. The van der Waals surface area contributed by atoms with Crippen LogP contribution >= 0.6 is 0 Å². The third-order valence-electron chi connectivity index (χ3n) is 5.43. The van der Waals surface area contributed by atoms with E-state index >= 15 is 0 Å². The number of Topliss-reactive ketones (excluding diaryl/α,β-unsaturated/α-hetero) is 1. The smallest absolute Gasteiger partial charge is 0.251 e. The van der Waals surface area contributed by atoms with E-state index in [4.69, 9.17) is 0 Å². The number of aryl methyl sites for hydroxylation is 1. The van der Waals surface area contributed by atoms with Crippen LogP contribution in [0.25, 0.3) is 0 Å². The molecule has 1 amide bonds. The molecule has 1 heterocycles. The van der Waals surface area contributed by atoms with Crippen molar-refractivity contribution in [2.45, 2.75) is 38.1 Å². The largest absolute Gasteiger partial charge is 0.349 e. The van der Waals surface area contributed by atoms with Crippen LogP contribution in [0.4, 0.5) is 8.78 Å². The highest BCUT2D eigenvalue weighted by atomic mass is 19.1. The first-order chi connectivity index (χ1) is 14.9. The molecule has 3 aromatic rings. The lowest BCUT2D eigenvalue weighted by Gasteiger charge is -2.19. The van der Waals surface area contributed by atoms with Crippen LogP contribution in [0.5, 0.6) is 0 Å². The Bertz CT molecular complexity index is 1120. The predicted molar refractivity (Wildman–Crippen MR) is 113 cm³/mol. The molecule has 31 heavy (non-hydrogen) atoms. The van der Waals surface area contributed by atoms with Crippen LogP contribution in [0.2, 0.25) is 0 Å². The molecule has 1 aromatic heterocycles. The molecule has 1 fully saturated rings. The molecule has 4 nitrogen and oxygen atoms in total. The van der Waals surface area contributed by atoms with E-state index in [1.54, 1.807) is 49.5 Å². The summed E-state index contributed by atoms with van der Waals surface area (Å²) in [6, 6.07) is 13.7. The molecule has 4 rings (SSSR count). The maximum atomic E-state index is 14.6. The maximum absolute atomic E-state index is 14.6. The molecule has 0 aliphatic heterocycles. The number of carbonyl (C=O) groups excluding carboxylic acids is 2. The summed E-state index contributed by atoms with van der Waals surface area (Å²) in [4.78, 5) is 29.3. The quantitative estimate of drug-likeness (QED) is 0.550. The molecular formula is C25H22F2N2O2. The number of nitrogens with one attached hydrogen (secondary N) is 1. The van der Waals surface area contributed by atoms with Gasteiger partial charge in [-0.1, -0.05) is 18.2 Å². The minimum Gasteiger partial charge on any atom is -0.349 e. The van der Waals surface area contributed by atoms with Crippen LogP contribution in [0.1, 0.15) is 62.7 Å². The zero-order chi connectivity index (χ0) is 22.0. The summed E-state index contributed by atoms with van der Waals surface area (Å²) in [6.07, 6.45) is 3.54. The van der Waals surface area contributed by atoms with E-state index in [1.807, 2.05) is 0 Å². The van der Waals surface area contributed by atoms with Crippen LogP contribution in [0.15, 0.2) is 60.8 Å². The Balaban J connectivity index is 1.64. The average Bonchev–Trinajstić information content (AvgIpc) is 3.56. The lowest BCUT2D eigenvalue weighted by molar-refractivity contribution is 0.0948. The van der Waals surface area contributed by atoms with Gasteiger partial charge >= 0.3 is 0 Å². The second-order valence-electron chi connectivity index (χ2n) is 7.90. The van der Waals surface area contributed by atoms with Crippen LogP contribution in [-0.2, 0) is 0 Å². The molecular weight excluding hydrogens is 398 g/mol. The van der Waals surface area contributed by atoms with E-state index in [1.165, 1.54) is 12.1 Å². The molecule has 1 atom stereocenters. The van der Waals surface area contributed by atoms with E-state index < -0.39 is 17.6 Å². The van der Waals surface area contributed by atoms with Gasteiger partial charge in [0.15, 0.2) is 5.78 Å². The third kappa shape index (κ3) is 5.02. The Hall–Kier alpha value is -3.41. The molecule has 6 heteroatoms. The van der Waals surface area contributed by atoms with Crippen LogP contribution in [0.3, 0.4) is 0 Å². The van der Waals surface area contributed by atoms with E-state index in [2.05, 4.69) is 10.3 Å². The Morgan fingerprint density at radius 3 is 2.42 bits per heavy atom. The zero-order valence-electron chi connectivity index (χ0n) is 17.1. The van der Waals surface area contributed by atoms with E-state index in [-0.39, 0.29) is 29.7 Å². The van der Waals surface area contributed by atoms with Gasteiger partial charge in [-0.05, 0) is 61.2 Å². The number of ketones is 1. The number of benzene rings is 2. The fourth-order valence-corrected chi connectivity index (χ4v) is 3.58. The number of carbonyl (C=O) groups is 2. The van der Waals surface area contributed by atoms with Gasteiger partial charge in [0.25, 0.3) is 5.91 Å². The monoisotopic (exact) mass is 420 g/mol. The Morgan fingerprint density at radius 1 is 1.03 bits per heavy atom. The van der Waals surface area contributed by atoms with Gasteiger partial charge < -0.3 is 5.32 Å². The number of pyridine rings is 1. The Morgan fingerprint density at radius 2 is 1.77 bits per heavy atom. The standard InChI is InChI=1S/C25H22F2N2O2/c1-15-12-18(10-11-28-15)24(30)14-22(21-9-6-19(26)13-23(21)27)16-2-4-17(5-3-16)25(31)29-20-7-8-20/h2-6,9-13,20,22H,7-8,14H2,1H3,(H,29,31). The highest BCUT2D eigenvalue weighted by Crippen LogP contribution is 2.32. The third-order valence-corrected chi connectivity index (χ3v) is 5.43. The molecule has 0 saturated heterocycles. The number of hydrogen-bond donors (Lipinski definition) is 1. The van der Waals surface area contributed by atoms with Gasteiger partial charge in [-0.3, -0.25) is 14.6 Å². The Labute approximate surface area is 179 Å². The van der Waals surface area contributed by atoms with Crippen molar-refractivity contribution in [1.29, 1.82) is 0 Å². The van der Waals surface area contributed by atoms with Gasteiger partial charge in [-0.25, -0.2) is 8.78 Å². The number of rotatable bonds is 7. The van der Waals surface area contributed by atoms with Gasteiger partial charge in [0.2, 0.25) is 0 Å². The van der Waals surface area contributed by atoms with Crippen LogP contribution < -0.4 is 5.32 Å². The molecule has 1 saturated carbocycles. The van der Waals surface area contributed by atoms with Gasteiger partial charge in [0.1, 0.15) is 11.6 Å². The molecule has 0 radical (unpaired) electrons. The number of halogens is 2. The van der Waals surface area contributed by atoms with Crippen LogP contribution in [0, 0.1) is 18.6 Å². The first-order valence-corrected chi connectivity index (χ1v) is 10.2. The van der Waals surface area contributed by atoms with Crippen molar-refractivity contribution in [1.82, 2.24) is 10.3 Å². The summed E-state index contributed by atoms with van der Waals surface area (Å²) in [5, 5.41) is 2.92. The second kappa shape index (κ2) is 8.76. The first kappa shape index (κ1) is 20.8. The van der Waals surface area contributed by atoms with Gasteiger partial charge in [-0.2, -0.15) is 0 Å². The van der Waals surface area contributed by atoms with E-state index in [0.29, 0.717) is 22.4 Å². The number of amides is 1. The highest BCUT2D eigenvalue weighted by molar-refractivity contribution is 5.97. The highest BCUT2D eigenvalue weighted by Gasteiger charge is 2.25. The molecule has 158 valence electrons. The SMILES string of the molecule is Cc1cc(C(=O)CC(c2ccc(C(=O)NC3CC3)cc2)c2ccc(F)cc2F)ccn1. The summed E-state index contributed by atoms with van der Waals surface area (Å²) in [6.45, 7) is 1.79. The predicted octanol–water partition coefficient (Wildman–Crippen LogP) is 4.97. The fraction of sp³-hybridized carbons (Fsp3) is 0.240.